The molecule has 0 aliphatic rings. The molecule has 0 aliphatic heterocycles. The molecule has 0 spiro atoms. The van der Waals surface area contributed by atoms with Gasteiger partial charge in [0.25, 0.3) is 0 Å². The smallest absolute Gasteiger partial charge is 0.163 e. The van der Waals surface area contributed by atoms with E-state index in [0.29, 0.717) is 16.5 Å². The molecular formula is C9H12ClNO2. The first-order chi connectivity index (χ1) is 6.19. The molecule has 0 unspecified atom stereocenters. The molecular weight excluding hydrogens is 190 g/mol. The van der Waals surface area contributed by atoms with E-state index in [1.807, 2.05) is 6.92 Å². The number of hydrogen-bond donors (Lipinski definition) is 1. The van der Waals surface area contributed by atoms with Crippen LogP contribution in [0.1, 0.15) is 5.56 Å². The van der Waals surface area contributed by atoms with Crippen LogP contribution in [-0.2, 0) is 0 Å². The lowest BCUT2D eigenvalue weighted by Gasteiger charge is -2.10. The highest BCUT2D eigenvalue weighted by molar-refractivity contribution is 6.31. The molecule has 0 heterocycles. The number of rotatable bonds is 3. The Bertz CT molecular complexity index is 302. The summed E-state index contributed by atoms with van der Waals surface area (Å²) in [7, 11) is 1.56. The molecule has 0 fully saturated rings. The molecule has 2 N–H and O–H groups in total. The second-order valence-electron chi connectivity index (χ2n) is 2.56. The molecule has 13 heavy (non-hydrogen) atoms. The molecule has 3 nitrogen and oxygen atoms in total. The van der Waals surface area contributed by atoms with Crippen molar-refractivity contribution < 1.29 is 9.47 Å². The van der Waals surface area contributed by atoms with E-state index >= 15 is 0 Å². The van der Waals surface area contributed by atoms with Crippen molar-refractivity contribution in [3.8, 4) is 11.5 Å². The van der Waals surface area contributed by atoms with Crippen molar-refractivity contribution in [1.29, 1.82) is 0 Å². The number of benzene rings is 1. The number of ether oxygens (including phenoxy) is 2. The van der Waals surface area contributed by atoms with Crippen molar-refractivity contribution in [3.05, 3.63) is 22.7 Å². The largest absolute Gasteiger partial charge is 0.493 e. The number of methoxy groups -OCH3 is 1. The van der Waals surface area contributed by atoms with Crippen molar-refractivity contribution in [2.75, 3.05) is 13.8 Å². The number of nitrogens with two attached hydrogens (primary N) is 1. The molecule has 0 aliphatic carbocycles. The lowest BCUT2D eigenvalue weighted by Crippen LogP contribution is -2.08. The molecule has 0 aromatic heterocycles. The zero-order valence-electron chi connectivity index (χ0n) is 7.63. The van der Waals surface area contributed by atoms with Gasteiger partial charge in [-0.05, 0) is 18.6 Å². The van der Waals surface area contributed by atoms with Crippen LogP contribution in [0, 0.1) is 6.92 Å². The molecule has 0 saturated carbocycles. The van der Waals surface area contributed by atoms with Crippen molar-refractivity contribution in [2.45, 2.75) is 6.92 Å². The molecule has 72 valence electrons. The van der Waals surface area contributed by atoms with Gasteiger partial charge in [-0.1, -0.05) is 11.6 Å². The highest BCUT2D eigenvalue weighted by atomic mass is 35.5. The van der Waals surface area contributed by atoms with E-state index in [1.165, 1.54) is 0 Å². The highest BCUT2D eigenvalue weighted by Crippen LogP contribution is 2.32. The zero-order valence-corrected chi connectivity index (χ0v) is 8.39. The van der Waals surface area contributed by atoms with Gasteiger partial charge in [-0.25, -0.2) is 0 Å². The van der Waals surface area contributed by atoms with E-state index in [4.69, 9.17) is 26.8 Å². The standard InChI is InChI=1S/C9H12ClNO2/c1-6-3-9(13-5-11)8(12-2)4-7(6)10/h3-4H,5,11H2,1-2H3. The van der Waals surface area contributed by atoms with Gasteiger partial charge in [0.15, 0.2) is 11.5 Å². The number of aryl methyl sites for hydroxylation is 1. The van der Waals surface area contributed by atoms with Crippen LogP contribution in [0.25, 0.3) is 0 Å². The van der Waals surface area contributed by atoms with Gasteiger partial charge in [-0.2, -0.15) is 0 Å². The van der Waals surface area contributed by atoms with Crippen LogP contribution < -0.4 is 15.2 Å². The average Bonchev–Trinajstić information content (AvgIpc) is 2.11. The molecule has 0 atom stereocenters. The average molecular weight is 202 g/mol. The van der Waals surface area contributed by atoms with Gasteiger partial charge in [-0.15, -0.1) is 0 Å². The maximum absolute atomic E-state index is 5.90. The zero-order chi connectivity index (χ0) is 9.84. The fourth-order valence-corrected chi connectivity index (χ4v) is 1.15. The van der Waals surface area contributed by atoms with Gasteiger partial charge in [0.2, 0.25) is 0 Å². The molecule has 1 rings (SSSR count). The molecule has 4 heteroatoms. The molecule has 0 saturated heterocycles. The first-order valence-electron chi connectivity index (χ1n) is 3.86. The Labute approximate surface area is 82.4 Å². The molecule has 0 amide bonds. The maximum Gasteiger partial charge on any atom is 0.163 e. The van der Waals surface area contributed by atoms with Gasteiger partial charge < -0.3 is 9.47 Å². The molecule has 1 aromatic carbocycles. The topological polar surface area (TPSA) is 44.5 Å². The molecule has 0 radical (unpaired) electrons. The predicted octanol–water partition coefficient (Wildman–Crippen LogP) is 1.95. The summed E-state index contributed by atoms with van der Waals surface area (Å²) in [5, 5.41) is 0.654. The van der Waals surface area contributed by atoms with E-state index in [0.717, 1.165) is 5.56 Å². The molecule has 1 aromatic rings. The minimum atomic E-state index is 0.122. The summed E-state index contributed by atoms with van der Waals surface area (Å²) >= 11 is 5.90. The van der Waals surface area contributed by atoms with Crippen LogP contribution in [-0.4, -0.2) is 13.8 Å². The Hall–Kier alpha value is -0.930. The lowest BCUT2D eigenvalue weighted by atomic mass is 10.2. The van der Waals surface area contributed by atoms with Gasteiger partial charge >= 0.3 is 0 Å². The Morgan fingerprint density at radius 2 is 2.08 bits per heavy atom. The summed E-state index contributed by atoms with van der Waals surface area (Å²) in [4.78, 5) is 0. The Morgan fingerprint density at radius 1 is 1.38 bits per heavy atom. The summed E-state index contributed by atoms with van der Waals surface area (Å²) in [6, 6.07) is 3.51. The summed E-state index contributed by atoms with van der Waals surface area (Å²) in [6.45, 7) is 2.02. The Kier molecular flexibility index (Phi) is 3.39. The van der Waals surface area contributed by atoms with Crippen molar-refractivity contribution in [3.63, 3.8) is 0 Å². The van der Waals surface area contributed by atoms with Crippen molar-refractivity contribution in [1.82, 2.24) is 0 Å². The lowest BCUT2D eigenvalue weighted by molar-refractivity contribution is 0.303. The minimum absolute atomic E-state index is 0.122. The Balaban J connectivity index is 3.09. The third-order valence-electron chi connectivity index (χ3n) is 1.68. The van der Waals surface area contributed by atoms with Crippen LogP contribution in [0.3, 0.4) is 0 Å². The number of hydrogen-bond acceptors (Lipinski definition) is 3. The fourth-order valence-electron chi connectivity index (χ4n) is 0.999. The van der Waals surface area contributed by atoms with Crippen LogP contribution in [0.5, 0.6) is 11.5 Å². The van der Waals surface area contributed by atoms with E-state index in [-0.39, 0.29) is 6.73 Å². The first-order valence-corrected chi connectivity index (χ1v) is 4.24. The first kappa shape index (κ1) is 10.2. The van der Waals surface area contributed by atoms with Crippen LogP contribution in [0.4, 0.5) is 0 Å². The van der Waals surface area contributed by atoms with Crippen molar-refractivity contribution in [2.24, 2.45) is 5.73 Å². The highest BCUT2D eigenvalue weighted by Gasteiger charge is 2.06. The van der Waals surface area contributed by atoms with Gasteiger partial charge in [0, 0.05) is 11.1 Å². The molecule has 0 bridgehead atoms. The summed E-state index contributed by atoms with van der Waals surface area (Å²) in [5.41, 5.74) is 6.20. The van der Waals surface area contributed by atoms with Gasteiger partial charge in [0.1, 0.15) is 6.73 Å². The van der Waals surface area contributed by atoms with E-state index in [1.54, 1.807) is 19.2 Å². The monoisotopic (exact) mass is 201 g/mol. The van der Waals surface area contributed by atoms with Gasteiger partial charge in [0.05, 0.1) is 7.11 Å². The van der Waals surface area contributed by atoms with Crippen LogP contribution >= 0.6 is 11.6 Å². The van der Waals surface area contributed by atoms with Crippen molar-refractivity contribution >= 4 is 11.6 Å². The Morgan fingerprint density at radius 3 is 2.62 bits per heavy atom. The minimum Gasteiger partial charge on any atom is -0.493 e. The maximum atomic E-state index is 5.90. The second kappa shape index (κ2) is 4.35. The summed E-state index contributed by atoms with van der Waals surface area (Å²) < 4.78 is 10.2. The summed E-state index contributed by atoms with van der Waals surface area (Å²) in [6.07, 6.45) is 0. The van der Waals surface area contributed by atoms with E-state index < -0.39 is 0 Å². The second-order valence-corrected chi connectivity index (χ2v) is 2.97. The quantitative estimate of drug-likeness (QED) is 0.761. The van der Waals surface area contributed by atoms with Crippen LogP contribution in [0.2, 0.25) is 5.02 Å². The van der Waals surface area contributed by atoms with Crippen LogP contribution in [0.15, 0.2) is 12.1 Å². The van der Waals surface area contributed by atoms with E-state index in [9.17, 15) is 0 Å². The number of halogens is 1. The SMILES string of the molecule is COc1cc(Cl)c(C)cc1OCN. The fraction of sp³-hybridized carbons (Fsp3) is 0.333. The predicted molar refractivity (Wildman–Crippen MR) is 52.4 cm³/mol. The van der Waals surface area contributed by atoms with E-state index in [2.05, 4.69) is 0 Å². The third kappa shape index (κ3) is 2.26. The third-order valence-corrected chi connectivity index (χ3v) is 2.09. The summed E-state index contributed by atoms with van der Waals surface area (Å²) in [5.74, 6) is 1.22. The van der Waals surface area contributed by atoms with Gasteiger partial charge in [-0.3, -0.25) is 5.73 Å². The normalized spacial score (nSPS) is 9.85.